The number of likely N-dealkylation sites (tertiary alicyclic amines) is 1. The molecule has 108 valence electrons. The van der Waals surface area contributed by atoms with E-state index in [-0.39, 0.29) is 0 Å². The first kappa shape index (κ1) is 13.1. The Balaban J connectivity index is 1.71. The zero-order valence-electron chi connectivity index (χ0n) is 12.7. The minimum atomic E-state index is 0.412. The van der Waals surface area contributed by atoms with Crippen LogP contribution >= 0.6 is 0 Å². The van der Waals surface area contributed by atoms with Gasteiger partial charge in [0.1, 0.15) is 0 Å². The summed E-state index contributed by atoms with van der Waals surface area (Å²) in [5.74, 6) is 0.840. The van der Waals surface area contributed by atoms with E-state index in [0.29, 0.717) is 11.5 Å². The van der Waals surface area contributed by atoms with Gasteiger partial charge in [0.2, 0.25) is 0 Å². The smallest absolute Gasteiger partial charge is 0.0602 e. The molecule has 2 aliphatic rings. The summed E-state index contributed by atoms with van der Waals surface area (Å²) in [6.07, 6.45) is 2.86. The Hall–Kier alpha value is -1.60. The van der Waals surface area contributed by atoms with Crippen LogP contribution in [0.5, 0.6) is 0 Å². The molecule has 1 heteroatoms. The SMILES string of the molecule is CC1CN(C(c2ccccc2)c2ccccc2)CC12CC2. The fourth-order valence-corrected chi connectivity index (χ4v) is 4.06. The van der Waals surface area contributed by atoms with E-state index in [4.69, 9.17) is 0 Å². The van der Waals surface area contributed by atoms with Gasteiger partial charge in [-0.2, -0.15) is 0 Å². The van der Waals surface area contributed by atoms with E-state index in [0.717, 1.165) is 5.92 Å². The molecular weight excluding hydrogens is 254 g/mol. The van der Waals surface area contributed by atoms with Gasteiger partial charge in [-0.25, -0.2) is 0 Å². The summed E-state index contributed by atoms with van der Waals surface area (Å²) in [5.41, 5.74) is 3.49. The van der Waals surface area contributed by atoms with Crippen LogP contribution < -0.4 is 0 Å². The highest BCUT2D eigenvalue weighted by Crippen LogP contribution is 2.57. The first-order valence-electron chi connectivity index (χ1n) is 8.12. The van der Waals surface area contributed by atoms with Crippen LogP contribution in [0.4, 0.5) is 0 Å². The van der Waals surface area contributed by atoms with Gasteiger partial charge < -0.3 is 0 Å². The number of benzene rings is 2. The molecule has 2 aromatic carbocycles. The summed E-state index contributed by atoms with van der Waals surface area (Å²) in [7, 11) is 0. The van der Waals surface area contributed by atoms with Crippen molar-refractivity contribution < 1.29 is 0 Å². The van der Waals surface area contributed by atoms with E-state index >= 15 is 0 Å². The predicted molar refractivity (Wildman–Crippen MR) is 87.1 cm³/mol. The molecule has 0 radical (unpaired) electrons. The summed E-state index contributed by atoms with van der Waals surface area (Å²) in [6.45, 7) is 4.94. The van der Waals surface area contributed by atoms with Gasteiger partial charge in [-0.15, -0.1) is 0 Å². The molecule has 1 heterocycles. The molecule has 1 aliphatic carbocycles. The molecule has 0 aromatic heterocycles. The Morgan fingerprint density at radius 1 is 0.905 bits per heavy atom. The predicted octanol–water partition coefficient (Wildman–Crippen LogP) is 4.51. The van der Waals surface area contributed by atoms with Crippen LogP contribution in [0, 0.1) is 11.3 Å². The Kier molecular flexibility index (Phi) is 3.11. The first-order chi connectivity index (χ1) is 10.3. The average molecular weight is 277 g/mol. The molecule has 1 saturated carbocycles. The summed E-state index contributed by atoms with van der Waals surface area (Å²) in [6, 6.07) is 22.4. The molecule has 1 spiro atoms. The largest absolute Gasteiger partial charge is 0.292 e. The standard InChI is InChI=1S/C20H23N/c1-16-14-21(15-20(16)12-13-20)19(17-8-4-2-5-9-17)18-10-6-3-7-11-18/h2-11,16,19H,12-15H2,1H3. The maximum Gasteiger partial charge on any atom is 0.0602 e. The molecule has 2 aromatic rings. The Morgan fingerprint density at radius 2 is 1.43 bits per heavy atom. The van der Waals surface area contributed by atoms with Crippen molar-refractivity contribution in [1.82, 2.24) is 4.90 Å². The van der Waals surface area contributed by atoms with Crippen LogP contribution in [0.15, 0.2) is 60.7 Å². The van der Waals surface area contributed by atoms with Crippen molar-refractivity contribution in [2.24, 2.45) is 11.3 Å². The van der Waals surface area contributed by atoms with E-state index in [9.17, 15) is 0 Å². The minimum Gasteiger partial charge on any atom is -0.292 e. The highest BCUT2D eigenvalue weighted by atomic mass is 15.2. The third-order valence-corrected chi connectivity index (χ3v) is 5.56. The van der Waals surface area contributed by atoms with E-state index in [1.165, 1.54) is 37.1 Å². The second-order valence-corrected chi connectivity index (χ2v) is 6.92. The van der Waals surface area contributed by atoms with E-state index < -0.39 is 0 Å². The average Bonchev–Trinajstić information content (AvgIpc) is 3.23. The lowest BCUT2D eigenvalue weighted by molar-refractivity contribution is 0.265. The molecule has 2 fully saturated rings. The summed E-state index contributed by atoms with van der Waals surface area (Å²) >= 11 is 0. The van der Waals surface area contributed by atoms with Gasteiger partial charge >= 0.3 is 0 Å². The Morgan fingerprint density at radius 3 is 1.86 bits per heavy atom. The van der Waals surface area contributed by atoms with Crippen molar-refractivity contribution >= 4 is 0 Å². The third kappa shape index (κ3) is 2.30. The number of rotatable bonds is 3. The topological polar surface area (TPSA) is 3.24 Å². The fourth-order valence-electron chi connectivity index (χ4n) is 4.06. The van der Waals surface area contributed by atoms with Crippen LogP contribution in [-0.4, -0.2) is 18.0 Å². The van der Waals surface area contributed by atoms with Crippen LogP contribution in [0.1, 0.15) is 36.9 Å². The molecule has 0 amide bonds. The zero-order chi connectivity index (χ0) is 14.3. The van der Waals surface area contributed by atoms with Crippen molar-refractivity contribution in [2.75, 3.05) is 13.1 Å². The second-order valence-electron chi connectivity index (χ2n) is 6.92. The fraction of sp³-hybridized carbons (Fsp3) is 0.400. The number of hydrogen-bond acceptors (Lipinski definition) is 1. The molecule has 1 nitrogen and oxygen atoms in total. The molecule has 4 rings (SSSR count). The zero-order valence-corrected chi connectivity index (χ0v) is 12.7. The Labute approximate surface area is 127 Å². The molecule has 0 N–H and O–H groups in total. The number of hydrogen-bond donors (Lipinski definition) is 0. The summed E-state index contributed by atoms with van der Waals surface area (Å²) in [4.78, 5) is 2.71. The van der Waals surface area contributed by atoms with Crippen molar-refractivity contribution in [3.8, 4) is 0 Å². The van der Waals surface area contributed by atoms with Gasteiger partial charge in [0.05, 0.1) is 6.04 Å². The minimum absolute atomic E-state index is 0.412. The van der Waals surface area contributed by atoms with Crippen LogP contribution in [0.3, 0.4) is 0 Å². The quantitative estimate of drug-likeness (QED) is 0.798. The lowest BCUT2D eigenvalue weighted by Crippen LogP contribution is -2.28. The van der Waals surface area contributed by atoms with E-state index in [2.05, 4.69) is 72.5 Å². The van der Waals surface area contributed by atoms with Crippen molar-refractivity contribution in [3.05, 3.63) is 71.8 Å². The molecule has 1 atom stereocenters. The molecule has 1 unspecified atom stereocenters. The van der Waals surface area contributed by atoms with Gasteiger partial charge in [0.25, 0.3) is 0 Å². The van der Waals surface area contributed by atoms with Crippen molar-refractivity contribution in [1.29, 1.82) is 0 Å². The molecule has 1 aliphatic heterocycles. The Bertz CT molecular complexity index is 561. The van der Waals surface area contributed by atoms with Crippen LogP contribution in [-0.2, 0) is 0 Å². The third-order valence-electron chi connectivity index (χ3n) is 5.56. The van der Waals surface area contributed by atoms with Crippen LogP contribution in [0.25, 0.3) is 0 Å². The highest BCUT2D eigenvalue weighted by molar-refractivity contribution is 5.32. The second kappa shape index (κ2) is 4.99. The highest BCUT2D eigenvalue weighted by Gasteiger charge is 2.53. The van der Waals surface area contributed by atoms with Crippen molar-refractivity contribution in [2.45, 2.75) is 25.8 Å². The number of nitrogens with zero attached hydrogens (tertiary/aromatic N) is 1. The normalized spacial score (nSPS) is 23.8. The first-order valence-corrected chi connectivity index (χ1v) is 8.12. The van der Waals surface area contributed by atoms with Gasteiger partial charge in [-0.05, 0) is 35.3 Å². The monoisotopic (exact) mass is 277 g/mol. The van der Waals surface area contributed by atoms with Crippen molar-refractivity contribution in [3.63, 3.8) is 0 Å². The van der Waals surface area contributed by atoms with Crippen LogP contribution in [0.2, 0.25) is 0 Å². The van der Waals surface area contributed by atoms with Gasteiger partial charge in [0.15, 0.2) is 0 Å². The molecular formula is C20H23N. The lowest BCUT2D eigenvalue weighted by atomic mass is 9.95. The lowest BCUT2D eigenvalue weighted by Gasteiger charge is -2.29. The molecule has 0 bridgehead atoms. The molecule has 1 saturated heterocycles. The van der Waals surface area contributed by atoms with Gasteiger partial charge in [-0.3, -0.25) is 4.90 Å². The van der Waals surface area contributed by atoms with E-state index in [1.807, 2.05) is 0 Å². The molecule has 21 heavy (non-hydrogen) atoms. The maximum atomic E-state index is 2.71. The summed E-state index contributed by atoms with van der Waals surface area (Å²) in [5, 5.41) is 0. The summed E-state index contributed by atoms with van der Waals surface area (Å²) < 4.78 is 0. The van der Waals surface area contributed by atoms with E-state index in [1.54, 1.807) is 0 Å². The van der Waals surface area contributed by atoms with Gasteiger partial charge in [-0.1, -0.05) is 67.6 Å². The maximum absolute atomic E-state index is 2.71. The van der Waals surface area contributed by atoms with Gasteiger partial charge in [0, 0.05) is 13.1 Å².